The highest BCUT2D eigenvalue weighted by molar-refractivity contribution is 6.47. The number of amidine groups is 2. The van der Waals surface area contributed by atoms with E-state index < -0.39 is 11.2 Å². The van der Waals surface area contributed by atoms with Gasteiger partial charge in [-0.25, -0.2) is 9.98 Å². The summed E-state index contributed by atoms with van der Waals surface area (Å²) >= 11 is 0. The predicted octanol–water partition coefficient (Wildman–Crippen LogP) is 6.30. The topological polar surface area (TPSA) is 66.2 Å². The summed E-state index contributed by atoms with van der Waals surface area (Å²) in [5.74, 6) is 1.54. The summed E-state index contributed by atoms with van der Waals surface area (Å²) in [6.45, 7) is 7.24. The van der Waals surface area contributed by atoms with Crippen molar-refractivity contribution in [3.63, 3.8) is 0 Å². The lowest BCUT2D eigenvalue weighted by Crippen LogP contribution is -2.49. The average Bonchev–Trinajstić information content (AvgIpc) is 2.99. The number of rotatable bonds is 7. The molecule has 1 aliphatic heterocycles. The monoisotopic (exact) mass is 538 g/mol. The lowest BCUT2D eigenvalue weighted by molar-refractivity contribution is -0.0893. The molecule has 1 aliphatic rings. The summed E-state index contributed by atoms with van der Waals surface area (Å²) in [6, 6.07) is 37.5. The molecule has 0 saturated carbocycles. The van der Waals surface area contributed by atoms with Crippen LogP contribution in [0.3, 0.4) is 0 Å². The van der Waals surface area contributed by atoms with Gasteiger partial charge in [0.05, 0.1) is 11.2 Å². The number of nitrogens with zero attached hydrogens (tertiary/aromatic N) is 2. The minimum Gasteiger partial charge on any atom is -0.427 e. The molecule has 1 heterocycles. The Balaban J connectivity index is 1.34. The van der Waals surface area contributed by atoms with Crippen LogP contribution in [-0.2, 0) is 4.65 Å². The predicted molar refractivity (Wildman–Crippen MR) is 170 cm³/mol. The molecule has 203 valence electrons. The Labute approximate surface area is 241 Å². The van der Waals surface area contributed by atoms with Gasteiger partial charge in [0, 0.05) is 11.1 Å². The molecule has 0 aromatic heterocycles. The van der Waals surface area contributed by atoms with E-state index in [0.717, 1.165) is 44.6 Å². The van der Waals surface area contributed by atoms with Gasteiger partial charge < -0.3 is 15.1 Å². The summed E-state index contributed by atoms with van der Waals surface area (Å²) in [5.41, 5.74) is 2.17. The molecule has 0 bridgehead atoms. The first-order chi connectivity index (χ1) is 19.7. The van der Waals surface area contributed by atoms with E-state index in [0.29, 0.717) is 0 Å². The lowest BCUT2D eigenvalue weighted by Gasteiger charge is -2.37. The summed E-state index contributed by atoms with van der Waals surface area (Å²) in [4.78, 5) is 10.1. The highest BCUT2D eigenvalue weighted by Crippen LogP contribution is 2.28. The van der Waals surface area contributed by atoms with Gasteiger partial charge in [-0.05, 0) is 66.9 Å². The molecule has 6 rings (SSSR count). The zero-order chi connectivity index (χ0) is 28.6. The van der Waals surface area contributed by atoms with Gasteiger partial charge in [0.2, 0.25) is 0 Å². The molecule has 1 radical (unpaired) electrons. The maximum absolute atomic E-state index is 10.4. The number of nitrogens with one attached hydrogen (secondary N) is 1. The Morgan fingerprint density at radius 3 is 1.83 bits per heavy atom. The van der Waals surface area contributed by atoms with Crippen molar-refractivity contribution in [3.8, 4) is 0 Å². The minimum atomic E-state index is -0.986. The molecule has 0 spiro atoms. The van der Waals surface area contributed by atoms with E-state index in [1.165, 1.54) is 10.8 Å². The van der Waals surface area contributed by atoms with Crippen LogP contribution >= 0.6 is 0 Å². The summed E-state index contributed by atoms with van der Waals surface area (Å²) in [7, 11) is 1.69. The standard InChI is InChI=1S/C35H33BN3O2/c1-34(2,40)35(3,4)41-36-30-19-17-25(18-20-30)31-37-32(28-15-13-23-9-5-7-11-26(23)21-28)39-33(38-31)29-16-14-24-10-6-8-12-27(24)22-29/h5-22,32,40H,1-4H3,(H,37,38,39). The van der Waals surface area contributed by atoms with Gasteiger partial charge >= 0.3 is 7.48 Å². The first-order valence-electron chi connectivity index (χ1n) is 13.9. The number of benzene rings is 5. The Bertz CT molecular complexity index is 1790. The van der Waals surface area contributed by atoms with Crippen molar-refractivity contribution < 1.29 is 9.76 Å². The normalized spacial score (nSPS) is 15.8. The van der Waals surface area contributed by atoms with E-state index in [-0.39, 0.29) is 6.17 Å². The second-order valence-electron chi connectivity index (χ2n) is 11.5. The van der Waals surface area contributed by atoms with E-state index >= 15 is 0 Å². The molecular weight excluding hydrogens is 505 g/mol. The van der Waals surface area contributed by atoms with Gasteiger partial charge in [0.1, 0.15) is 11.7 Å². The Kier molecular flexibility index (Phi) is 6.98. The van der Waals surface area contributed by atoms with Crippen molar-refractivity contribution in [2.75, 3.05) is 0 Å². The van der Waals surface area contributed by atoms with Crippen LogP contribution in [-0.4, -0.2) is 35.5 Å². The first-order valence-corrected chi connectivity index (χ1v) is 13.9. The Morgan fingerprint density at radius 2 is 1.20 bits per heavy atom. The molecule has 5 nitrogen and oxygen atoms in total. The molecule has 0 fully saturated rings. The maximum atomic E-state index is 10.4. The molecule has 6 heteroatoms. The minimum absolute atomic E-state index is 0.389. The van der Waals surface area contributed by atoms with Crippen molar-refractivity contribution in [1.82, 2.24) is 5.32 Å². The van der Waals surface area contributed by atoms with Crippen LogP contribution in [0.15, 0.2) is 119 Å². The van der Waals surface area contributed by atoms with Crippen LogP contribution in [0.5, 0.6) is 0 Å². The fourth-order valence-corrected chi connectivity index (χ4v) is 4.68. The molecule has 1 atom stereocenters. The fraction of sp³-hybridized carbons (Fsp3) is 0.200. The molecule has 2 N–H and O–H groups in total. The number of aliphatic hydroxyl groups is 1. The van der Waals surface area contributed by atoms with Crippen molar-refractivity contribution >= 4 is 46.2 Å². The van der Waals surface area contributed by atoms with Gasteiger partial charge in [0.25, 0.3) is 0 Å². The van der Waals surface area contributed by atoms with Crippen LogP contribution < -0.4 is 10.8 Å². The summed E-state index contributed by atoms with van der Waals surface area (Å²) in [6.07, 6.45) is -0.389. The van der Waals surface area contributed by atoms with E-state index in [1.54, 1.807) is 21.3 Å². The fourth-order valence-electron chi connectivity index (χ4n) is 4.68. The zero-order valence-electron chi connectivity index (χ0n) is 23.8. The van der Waals surface area contributed by atoms with Crippen LogP contribution in [0, 0.1) is 0 Å². The first kappa shape index (κ1) is 26.9. The maximum Gasteiger partial charge on any atom is 0.330 e. The van der Waals surface area contributed by atoms with E-state index in [1.807, 2.05) is 38.1 Å². The molecular formula is C35H33BN3O2. The molecule has 5 aromatic carbocycles. The van der Waals surface area contributed by atoms with Gasteiger partial charge in [-0.3, -0.25) is 0 Å². The SMILES string of the molecule is CC(C)(O)C(C)(C)O[B]c1ccc(C2=NC(c3ccc4ccccc4c3)N=C(c3ccc4ccccc4c3)N2)cc1. The van der Waals surface area contributed by atoms with Crippen LogP contribution in [0.25, 0.3) is 21.5 Å². The van der Waals surface area contributed by atoms with Crippen molar-refractivity contribution in [3.05, 3.63) is 126 Å². The molecule has 0 saturated heterocycles. The Hall–Kier alpha value is -4.26. The zero-order valence-corrected chi connectivity index (χ0v) is 23.8. The second-order valence-corrected chi connectivity index (χ2v) is 11.5. The van der Waals surface area contributed by atoms with E-state index in [9.17, 15) is 5.11 Å². The third-order valence-electron chi connectivity index (χ3n) is 7.98. The van der Waals surface area contributed by atoms with E-state index in [4.69, 9.17) is 14.6 Å². The second kappa shape index (κ2) is 10.6. The number of hydrogen-bond acceptors (Lipinski definition) is 5. The van der Waals surface area contributed by atoms with Gasteiger partial charge in [0.15, 0.2) is 6.17 Å². The van der Waals surface area contributed by atoms with Gasteiger partial charge in [-0.1, -0.05) is 103 Å². The third kappa shape index (κ3) is 5.67. The van der Waals surface area contributed by atoms with Crippen molar-refractivity contribution in [1.29, 1.82) is 0 Å². The molecule has 41 heavy (non-hydrogen) atoms. The van der Waals surface area contributed by atoms with Gasteiger partial charge in [-0.2, -0.15) is 0 Å². The van der Waals surface area contributed by atoms with Crippen LogP contribution in [0.1, 0.15) is 50.6 Å². The smallest absolute Gasteiger partial charge is 0.330 e. The molecule has 1 unspecified atom stereocenters. The van der Waals surface area contributed by atoms with E-state index in [2.05, 4.69) is 90.2 Å². The molecule has 5 aromatic rings. The number of hydrogen-bond donors (Lipinski definition) is 2. The molecule has 0 amide bonds. The van der Waals surface area contributed by atoms with Gasteiger partial charge in [-0.15, -0.1) is 0 Å². The largest absolute Gasteiger partial charge is 0.427 e. The Morgan fingerprint density at radius 1 is 0.659 bits per heavy atom. The average molecular weight is 538 g/mol. The highest BCUT2D eigenvalue weighted by atomic mass is 16.5. The summed E-state index contributed by atoms with van der Waals surface area (Å²) < 4.78 is 5.95. The number of fused-ring (bicyclic) bond motifs is 2. The highest BCUT2D eigenvalue weighted by Gasteiger charge is 2.35. The quantitative estimate of drug-likeness (QED) is 0.239. The molecule has 0 aliphatic carbocycles. The third-order valence-corrected chi connectivity index (χ3v) is 7.98. The number of aliphatic imine (C=N–C) groups is 2. The van der Waals surface area contributed by atoms with Crippen LogP contribution in [0.4, 0.5) is 0 Å². The van der Waals surface area contributed by atoms with Crippen LogP contribution in [0.2, 0.25) is 0 Å². The van der Waals surface area contributed by atoms with Crippen molar-refractivity contribution in [2.45, 2.75) is 45.1 Å². The van der Waals surface area contributed by atoms with Crippen molar-refractivity contribution in [2.24, 2.45) is 9.98 Å². The lowest BCUT2D eigenvalue weighted by atomic mass is 9.82. The summed E-state index contributed by atoms with van der Waals surface area (Å²) in [5, 5.41) is 18.6.